The van der Waals surface area contributed by atoms with Crippen LogP contribution in [0.2, 0.25) is 0 Å². The summed E-state index contributed by atoms with van der Waals surface area (Å²) in [7, 11) is 0. The second-order valence-corrected chi connectivity index (χ2v) is 13.3. The van der Waals surface area contributed by atoms with Crippen molar-refractivity contribution in [2.45, 2.75) is 101 Å². The van der Waals surface area contributed by atoms with Crippen LogP contribution in [0, 0.1) is 45.8 Å². The molecular formula is C28H44O5. The van der Waals surface area contributed by atoms with E-state index in [9.17, 15) is 24.0 Å². The zero-order valence-corrected chi connectivity index (χ0v) is 22.2. The van der Waals surface area contributed by atoms with Gasteiger partial charge in [0.15, 0.2) is 11.6 Å². The Hall–Kier alpha value is -1.65. The van der Waals surface area contributed by atoms with Crippen LogP contribution in [-0.2, 0) is 24.0 Å². The second-order valence-electron chi connectivity index (χ2n) is 13.3. The van der Waals surface area contributed by atoms with E-state index in [2.05, 4.69) is 13.8 Å². The van der Waals surface area contributed by atoms with Gasteiger partial charge in [0.1, 0.15) is 17.3 Å². The van der Waals surface area contributed by atoms with E-state index in [1.807, 2.05) is 41.5 Å². The second kappa shape index (κ2) is 9.54. The lowest BCUT2D eigenvalue weighted by Gasteiger charge is -2.34. The van der Waals surface area contributed by atoms with E-state index >= 15 is 0 Å². The average Bonchev–Trinajstić information content (AvgIpc) is 3.02. The molecule has 0 N–H and O–H groups in total. The third-order valence-electron chi connectivity index (χ3n) is 7.98. The summed E-state index contributed by atoms with van der Waals surface area (Å²) >= 11 is 0. The maximum absolute atomic E-state index is 13.9. The van der Waals surface area contributed by atoms with Crippen LogP contribution in [0.25, 0.3) is 0 Å². The summed E-state index contributed by atoms with van der Waals surface area (Å²) in [5.74, 6) is -1.69. The molecule has 0 aliphatic heterocycles. The maximum atomic E-state index is 13.9. The van der Waals surface area contributed by atoms with Crippen molar-refractivity contribution in [3.8, 4) is 0 Å². The predicted octanol–water partition coefficient (Wildman–Crippen LogP) is 5.42. The molecule has 2 aliphatic rings. The monoisotopic (exact) mass is 460 g/mol. The highest BCUT2D eigenvalue weighted by Gasteiger charge is 2.69. The largest absolute Gasteiger partial charge is 0.300 e. The van der Waals surface area contributed by atoms with Crippen LogP contribution in [0.1, 0.15) is 101 Å². The molecule has 2 rings (SSSR count). The third kappa shape index (κ3) is 6.27. The van der Waals surface area contributed by atoms with E-state index in [-0.39, 0.29) is 65.2 Å². The Morgan fingerprint density at radius 1 is 0.909 bits per heavy atom. The normalized spacial score (nSPS) is 26.9. The molecule has 5 heteroatoms. The first-order valence-corrected chi connectivity index (χ1v) is 12.6. The lowest BCUT2D eigenvalue weighted by Crippen LogP contribution is -2.40. The molecule has 0 aromatic rings. The Balaban J connectivity index is 2.22. The summed E-state index contributed by atoms with van der Waals surface area (Å²) in [4.78, 5) is 63.6. The van der Waals surface area contributed by atoms with E-state index in [4.69, 9.17) is 0 Å². The molecule has 4 unspecified atom stereocenters. The summed E-state index contributed by atoms with van der Waals surface area (Å²) in [6.45, 7) is 18.0. The van der Waals surface area contributed by atoms with Gasteiger partial charge in [-0.2, -0.15) is 0 Å². The van der Waals surface area contributed by atoms with Crippen molar-refractivity contribution in [2.24, 2.45) is 45.8 Å². The van der Waals surface area contributed by atoms with Crippen molar-refractivity contribution in [3.05, 3.63) is 0 Å². The molecule has 0 amide bonds. The number of rotatable bonds is 11. The fraction of sp³-hybridized carbons (Fsp3) is 0.821. The van der Waals surface area contributed by atoms with Crippen LogP contribution in [0.4, 0.5) is 0 Å². The Bertz CT molecular complexity index is 820. The summed E-state index contributed by atoms with van der Waals surface area (Å²) in [5, 5.41) is 0. The quantitative estimate of drug-likeness (QED) is 0.384. The average molecular weight is 461 g/mol. The minimum Gasteiger partial charge on any atom is -0.300 e. The molecule has 5 nitrogen and oxygen atoms in total. The van der Waals surface area contributed by atoms with Crippen molar-refractivity contribution in [1.29, 1.82) is 0 Å². The molecule has 0 bridgehead atoms. The Morgan fingerprint density at radius 3 is 1.97 bits per heavy atom. The SMILES string of the molecule is CCC(=O)C(=O)CCC(=O)[C@H]1C(C(=O)C(CC(=O)CC(C)(C)C)C(C)(C)C)CC2C1C2(C)C. The number of Topliss-reactive ketones (excluding diaryl/α,β-unsaturated/α-hetero) is 5. The van der Waals surface area contributed by atoms with Crippen LogP contribution in [0.5, 0.6) is 0 Å². The van der Waals surface area contributed by atoms with Gasteiger partial charge in [0.2, 0.25) is 0 Å². The smallest absolute Gasteiger partial charge is 0.198 e. The van der Waals surface area contributed by atoms with E-state index in [0.29, 0.717) is 18.8 Å². The molecular weight excluding hydrogens is 416 g/mol. The van der Waals surface area contributed by atoms with Gasteiger partial charge in [-0.1, -0.05) is 62.3 Å². The maximum Gasteiger partial charge on any atom is 0.198 e. The standard InChI is InChI=1S/C28H44O5/c1-10-20(30)21(31)11-12-22(32)23-17(14-18-24(23)28(18,8)9)25(33)19(27(5,6)7)13-16(29)15-26(2,3)4/h17-19,23-24H,10-15H2,1-9H3/t17?,18?,19?,23-,24?/m1/s1. The van der Waals surface area contributed by atoms with Crippen molar-refractivity contribution in [3.63, 3.8) is 0 Å². The molecule has 0 radical (unpaired) electrons. The lowest BCUT2D eigenvalue weighted by atomic mass is 9.67. The van der Waals surface area contributed by atoms with Crippen LogP contribution in [-0.4, -0.2) is 28.9 Å². The summed E-state index contributed by atoms with van der Waals surface area (Å²) in [5.41, 5.74) is -0.508. The van der Waals surface area contributed by atoms with Crippen molar-refractivity contribution in [2.75, 3.05) is 0 Å². The van der Waals surface area contributed by atoms with Gasteiger partial charge in [-0.3, -0.25) is 24.0 Å². The van der Waals surface area contributed by atoms with Gasteiger partial charge in [0, 0.05) is 49.9 Å². The van der Waals surface area contributed by atoms with Gasteiger partial charge in [0.25, 0.3) is 0 Å². The van der Waals surface area contributed by atoms with E-state index in [1.54, 1.807) is 6.92 Å². The van der Waals surface area contributed by atoms with E-state index < -0.39 is 29.3 Å². The van der Waals surface area contributed by atoms with Gasteiger partial charge in [-0.05, 0) is 34.5 Å². The first-order chi connectivity index (χ1) is 14.9. The minimum absolute atomic E-state index is 0.0135. The molecule has 2 fully saturated rings. The lowest BCUT2D eigenvalue weighted by molar-refractivity contribution is -0.140. The van der Waals surface area contributed by atoms with Crippen molar-refractivity contribution >= 4 is 28.9 Å². The zero-order chi connectivity index (χ0) is 25.5. The molecule has 0 spiro atoms. The minimum atomic E-state index is -0.501. The van der Waals surface area contributed by atoms with Crippen LogP contribution < -0.4 is 0 Å². The van der Waals surface area contributed by atoms with Gasteiger partial charge >= 0.3 is 0 Å². The summed E-state index contributed by atoms with van der Waals surface area (Å²) in [6.07, 6.45) is 1.39. The highest BCUT2D eigenvalue weighted by Crippen LogP contribution is 2.71. The number of carbonyl (C=O) groups is 5. The Morgan fingerprint density at radius 2 is 1.48 bits per heavy atom. The van der Waals surface area contributed by atoms with E-state index in [1.165, 1.54) is 0 Å². The first kappa shape index (κ1) is 27.6. The molecule has 2 saturated carbocycles. The Kier molecular flexibility index (Phi) is 7.98. The highest BCUT2D eigenvalue weighted by molar-refractivity contribution is 6.37. The topological polar surface area (TPSA) is 85.3 Å². The molecule has 2 aliphatic carbocycles. The molecule has 0 aromatic carbocycles. The number of ketones is 5. The van der Waals surface area contributed by atoms with Crippen molar-refractivity contribution < 1.29 is 24.0 Å². The van der Waals surface area contributed by atoms with Gasteiger partial charge in [0.05, 0.1) is 0 Å². The molecule has 0 saturated heterocycles. The number of fused-ring (bicyclic) bond motifs is 1. The van der Waals surface area contributed by atoms with Crippen LogP contribution in [0.15, 0.2) is 0 Å². The number of carbonyl (C=O) groups excluding carboxylic acids is 5. The Labute approximate surface area is 199 Å². The molecule has 0 aromatic heterocycles. The molecule has 0 heterocycles. The summed E-state index contributed by atoms with van der Waals surface area (Å²) in [6, 6.07) is 0. The molecule has 33 heavy (non-hydrogen) atoms. The fourth-order valence-corrected chi connectivity index (χ4v) is 6.06. The highest BCUT2D eigenvalue weighted by atomic mass is 16.2. The number of hydrogen-bond acceptors (Lipinski definition) is 5. The van der Waals surface area contributed by atoms with Crippen LogP contribution in [0.3, 0.4) is 0 Å². The summed E-state index contributed by atoms with van der Waals surface area (Å²) < 4.78 is 0. The molecule has 186 valence electrons. The third-order valence-corrected chi connectivity index (χ3v) is 7.98. The first-order valence-electron chi connectivity index (χ1n) is 12.6. The predicted molar refractivity (Wildman–Crippen MR) is 129 cm³/mol. The van der Waals surface area contributed by atoms with Crippen LogP contribution >= 0.6 is 0 Å². The van der Waals surface area contributed by atoms with Gasteiger partial charge < -0.3 is 0 Å². The van der Waals surface area contributed by atoms with Gasteiger partial charge in [-0.15, -0.1) is 0 Å². The van der Waals surface area contributed by atoms with Crippen molar-refractivity contribution in [1.82, 2.24) is 0 Å². The van der Waals surface area contributed by atoms with Gasteiger partial charge in [-0.25, -0.2) is 0 Å². The van der Waals surface area contributed by atoms with E-state index in [0.717, 1.165) is 0 Å². The zero-order valence-electron chi connectivity index (χ0n) is 22.2. The fourth-order valence-electron chi connectivity index (χ4n) is 6.06. The molecule has 5 atom stereocenters. The number of hydrogen-bond donors (Lipinski definition) is 0.